The van der Waals surface area contributed by atoms with E-state index in [-0.39, 0.29) is 31.7 Å². The molecule has 82 heavy (non-hydrogen) atoms. The lowest BCUT2D eigenvalue weighted by Crippen LogP contribution is -2.61. The molecule has 12 amide bonds. The van der Waals surface area contributed by atoms with E-state index in [1.165, 1.54) is 46.8 Å². The molecule has 13 N–H and O–H groups in total. The minimum atomic E-state index is -1.66. The topological polar surface area (TPSA) is 400 Å². The monoisotopic (exact) mass is 1170 g/mol. The highest BCUT2D eigenvalue weighted by molar-refractivity contribution is 7.96. The van der Waals surface area contributed by atoms with Crippen molar-refractivity contribution in [2.75, 3.05) is 47.4 Å². The van der Waals surface area contributed by atoms with Crippen LogP contribution in [0, 0.1) is 11.8 Å². The molecule has 2 aromatic carbocycles. The van der Waals surface area contributed by atoms with Gasteiger partial charge in [-0.15, -0.1) is 12.6 Å². The summed E-state index contributed by atoms with van der Waals surface area (Å²) in [7, 11) is 3.92. The summed E-state index contributed by atoms with van der Waals surface area (Å²) in [6.07, 6.45) is -0.686. The molecular weight excluding hydrogens is 1090 g/mol. The summed E-state index contributed by atoms with van der Waals surface area (Å²) in [5, 5.41) is 28.7. The van der Waals surface area contributed by atoms with Gasteiger partial charge >= 0.3 is 0 Å². The minimum absolute atomic E-state index is 0.0478. The largest absolute Gasteiger partial charge is 0.394 e. The van der Waals surface area contributed by atoms with Crippen molar-refractivity contribution in [1.29, 1.82) is 0 Å². The predicted molar refractivity (Wildman–Crippen MR) is 303 cm³/mol. The number of nitrogens with one attached hydrogen (secondary N) is 8. The summed E-state index contributed by atoms with van der Waals surface area (Å²) in [6.45, 7) is 8.46. The van der Waals surface area contributed by atoms with Crippen LogP contribution in [0.5, 0.6) is 0 Å². The Bertz CT molecular complexity index is 2580. The molecule has 0 bridgehead atoms. The van der Waals surface area contributed by atoms with E-state index in [9.17, 15) is 67.4 Å². The molecule has 2 aromatic rings. The molecule has 0 heterocycles. The van der Waals surface area contributed by atoms with E-state index in [4.69, 9.17) is 11.5 Å². The molecule has 27 nitrogen and oxygen atoms in total. The van der Waals surface area contributed by atoms with Crippen LogP contribution >= 0.6 is 12.6 Å². The molecule has 0 unspecified atom stereocenters. The van der Waals surface area contributed by atoms with Crippen LogP contribution in [0.3, 0.4) is 0 Å². The van der Waals surface area contributed by atoms with Crippen LogP contribution in [0.2, 0.25) is 0 Å². The van der Waals surface area contributed by atoms with Crippen LogP contribution in [-0.2, 0) is 75.2 Å². The first-order chi connectivity index (χ1) is 38.4. The van der Waals surface area contributed by atoms with Gasteiger partial charge in [0.15, 0.2) is 5.12 Å². The van der Waals surface area contributed by atoms with Gasteiger partial charge in [-0.05, 0) is 50.2 Å². The molecule has 0 aliphatic rings. The molecule has 0 aliphatic heterocycles. The standard InChI is InChI=1S/C54H81N13O14S/c1-29(2)21-39(66(9)43(71)27-58-50(77)40(23-35-19-15-12-16-20-35)67(10)53(80)32(6)59-42(70)25-55)51(78)60-31(5)46(73)64-45(30(3)4)52(79)61-36(22-34-17-13-11-14-18-34)49(76)62-37(24-44(72)82)54(81)65(8)33(7)47(74)63-38(28-68)48(75)57-26-41(56)69/h11-20,29-33,36-40,45,68H,21-28,55H2,1-10H3,(H2,56,69)(H,57,75)(H,58,77)(H,59,70)(H,60,78)(H,61,79)(H,62,76)(H,63,74)(H,64,73)(H,72,82)/t31-,32-,33-,36-,37-,38-,39-,40-,45-/m0/s1. The minimum Gasteiger partial charge on any atom is -0.394 e. The Morgan fingerprint density at radius 1 is 0.537 bits per heavy atom. The van der Waals surface area contributed by atoms with Gasteiger partial charge in [-0.25, -0.2) is 0 Å². The molecule has 0 spiro atoms. The lowest BCUT2D eigenvalue weighted by Gasteiger charge is -2.32. The third kappa shape index (κ3) is 22.9. The second-order valence-corrected chi connectivity index (χ2v) is 20.9. The lowest BCUT2D eigenvalue weighted by atomic mass is 10.00. The molecule has 28 heteroatoms. The Kier molecular flexibility index (Phi) is 29.4. The summed E-state index contributed by atoms with van der Waals surface area (Å²) in [5.74, 6) is -10.5. The van der Waals surface area contributed by atoms with Crippen molar-refractivity contribution >= 4 is 88.6 Å². The molecule has 0 radical (unpaired) electrons. The summed E-state index contributed by atoms with van der Waals surface area (Å²) in [6, 6.07) is 5.17. The fourth-order valence-corrected chi connectivity index (χ4v) is 8.27. The maximum Gasteiger partial charge on any atom is 0.246 e. The van der Waals surface area contributed by atoms with Gasteiger partial charge in [0.2, 0.25) is 70.9 Å². The van der Waals surface area contributed by atoms with Crippen LogP contribution in [0.1, 0.15) is 72.4 Å². The second-order valence-electron chi connectivity index (χ2n) is 20.4. The third-order valence-corrected chi connectivity index (χ3v) is 13.2. The van der Waals surface area contributed by atoms with Crippen molar-refractivity contribution in [3.63, 3.8) is 0 Å². The van der Waals surface area contributed by atoms with Crippen molar-refractivity contribution < 1.29 is 67.4 Å². The van der Waals surface area contributed by atoms with Crippen molar-refractivity contribution in [2.24, 2.45) is 23.3 Å². The Morgan fingerprint density at radius 3 is 1.59 bits per heavy atom. The number of hydrogen-bond acceptors (Lipinski definition) is 15. The zero-order chi connectivity index (χ0) is 62.1. The van der Waals surface area contributed by atoms with E-state index in [0.717, 1.165) is 9.80 Å². The number of aliphatic hydroxyl groups excluding tert-OH is 1. The summed E-state index contributed by atoms with van der Waals surface area (Å²) < 4.78 is 0. The Morgan fingerprint density at radius 2 is 1.07 bits per heavy atom. The maximum absolute atomic E-state index is 14.2. The van der Waals surface area contributed by atoms with Gasteiger partial charge in [-0.2, -0.15) is 0 Å². The Labute approximate surface area is 482 Å². The van der Waals surface area contributed by atoms with Crippen LogP contribution in [0.15, 0.2) is 60.7 Å². The van der Waals surface area contributed by atoms with E-state index in [1.54, 1.807) is 74.5 Å². The van der Waals surface area contributed by atoms with E-state index in [1.807, 2.05) is 13.8 Å². The number of nitrogens with zero attached hydrogens (tertiary/aromatic N) is 3. The van der Waals surface area contributed by atoms with Crippen molar-refractivity contribution in [3.05, 3.63) is 71.8 Å². The molecule has 0 aromatic heterocycles. The Balaban J connectivity index is 2.30. The van der Waals surface area contributed by atoms with Crippen LogP contribution < -0.4 is 54.0 Å². The molecule has 9 atom stereocenters. The summed E-state index contributed by atoms with van der Waals surface area (Å²) in [5.41, 5.74) is 11.7. The zero-order valence-electron chi connectivity index (χ0n) is 48.0. The van der Waals surface area contributed by atoms with E-state index >= 15 is 0 Å². The van der Waals surface area contributed by atoms with Crippen LogP contribution in [0.4, 0.5) is 0 Å². The number of likely N-dealkylation sites (N-methyl/N-ethyl adjacent to an activating group) is 3. The molecule has 452 valence electrons. The number of hydrogen-bond donors (Lipinski definition) is 12. The van der Waals surface area contributed by atoms with Gasteiger partial charge in [-0.3, -0.25) is 62.3 Å². The number of rotatable bonds is 33. The van der Waals surface area contributed by atoms with Gasteiger partial charge in [0.25, 0.3) is 0 Å². The first-order valence-electron chi connectivity index (χ1n) is 26.5. The molecule has 0 aliphatic carbocycles. The van der Waals surface area contributed by atoms with E-state index in [2.05, 4.69) is 55.2 Å². The van der Waals surface area contributed by atoms with Gasteiger partial charge < -0.3 is 73.8 Å². The third-order valence-electron chi connectivity index (χ3n) is 13.1. The fraction of sp³-hybridized carbons (Fsp3) is 0.537. The lowest BCUT2D eigenvalue weighted by molar-refractivity contribution is -0.143. The van der Waals surface area contributed by atoms with Gasteiger partial charge in [0.05, 0.1) is 26.2 Å². The molecule has 0 saturated carbocycles. The average molecular weight is 1170 g/mol. The predicted octanol–water partition coefficient (Wildman–Crippen LogP) is -3.86. The normalized spacial score (nSPS) is 14.3. The molecule has 0 fully saturated rings. The average Bonchev–Trinajstić information content (AvgIpc) is 3.53. The number of primary amides is 1. The number of amides is 12. The van der Waals surface area contributed by atoms with Crippen molar-refractivity contribution in [1.82, 2.24) is 57.2 Å². The highest BCUT2D eigenvalue weighted by Gasteiger charge is 2.37. The number of carbonyl (C=O) groups excluding carboxylic acids is 13. The van der Waals surface area contributed by atoms with Gasteiger partial charge in [0.1, 0.15) is 54.4 Å². The number of carbonyl (C=O) groups is 13. The first kappa shape index (κ1) is 70.1. The van der Waals surface area contributed by atoms with Gasteiger partial charge in [-0.1, -0.05) is 88.4 Å². The number of nitrogens with two attached hydrogens (primary N) is 2. The zero-order valence-corrected chi connectivity index (χ0v) is 48.9. The highest BCUT2D eigenvalue weighted by Crippen LogP contribution is 2.15. The number of aliphatic hydroxyl groups is 1. The van der Waals surface area contributed by atoms with E-state index < -0.39 is 162 Å². The summed E-state index contributed by atoms with van der Waals surface area (Å²) >= 11 is 3.80. The van der Waals surface area contributed by atoms with Gasteiger partial charge in [0, 0.05) is 40.4 Å². The van der Waals surface area contributed by atoms with Crippen LogP contribution in [-0.4, -0.2) is 198 Å². The molecule has 2 rings (SSSR count). The fourth-order valence-electron chi connectivity index (χ4n) is 8.08. The van der Waals surface area contributed by atoms with Crippen molar-refractivity contribution in [2.45, 2.75) is 129 Å². The number of thiol groups is 1. The SMILES string of the molecule is CC(C)C[C@@H](C(=O)N[C@@H](C)C(=O)N[C@H](C(=O)N[C@@H](Cc1ccccc1)C(=O)N[C@@H](CC(=O)S)C(=O)N(C)[C@@H](C)C(=O)N[C@@H](CO)C(=O)NCC(N)=O)C(C)C)N(C)C(=O)CNC(=O)[C@H](Cc1ccccc1)N(C)C(=O)[C@H](C)NC(=O)CN. The number of benzene rings is 2. The Hall–Kier alpha value is -7.98. The smallest absolute Gasteiger partial charge is 0.246 e. The molecular formula is C54H81N13O14S. The highest BCUT2D eigenvalue weighted by atomic mass is 32.1. The van der Waals surface area contributed by atoms with Crippen LogP contribution in [0.25, 0.3) is 0 Å². The first-order valence-corrected chi connectivity index (χ1v) is 26.9. The van der Waals surface area contributed by atoms with Crippen molar-refractivity contribution in [3.8, 4) is 0 Å². The maximum atomic E-state index is 14.2. The van der Waals surface area contributed by atoms with E-state index in [0.29, 0.717) is 11.1 Å². The second kappa shape index (κ2) is 34.3. The quantitative estimate of drug-likeness (QED) is 0.0305. The summed E-state index contributed by atoms with van der Waals surface area (Å²) in [4.78, 5) is 175. The molecule has 0 saturated heterocycles.